The lowest BCUT2D eigenvalue weighted by Gasteiger charge is -1.96. The lowest BCUT2D eigenvalue weighted by molar-refractivity contribution is 0.0958. The molecule has 1 heterocycles. The molecular formula is C12H12N2O2. The molecule has 0 saturated carbocycles. The Hall–Kier alpha value is -2.10. The van der Waals surface area contributed by atoms with E-state index in [9.17, 15) is 4.79 Å². The van der Waals surface area contributed by atoms with Crippen LogP contribution in [0.5, 0.6) is 0 Å². The molecule has 0 bridgehead atoms. The van der Waals surface area contributed by atoms with Crippen LogP contribution in [0.3, 0.4) is 0 Å². The number of hydrogen-bond acceptors (Lipinski definition) is 3. The molecule has 16 heavy (non-hydrogen) atoms. The van der Waals surface area contributed by atoms with E-state index in [1.54, 1.807) is 7.05 Å². The van der Waals surface area contributed by atoms with Crippen LogP contribution < -0.4 is 5.32 Å². The lowest BCUT2D eigenvalue weighted by Crippen LogP contribution is -2.17. The zero-order valence-electron chi connectivity index (χ0n) is 9.15. The SMILES string of the molecule is CNC(=O)c1coc(-c2cccc(C)c2)n1. The molecule has 1 N–H and O–H groups in total. The van der Waals surface area contributed by atoms with Crippen molar-refractivity contribution in [2.24, 2.45) is 0 Å². The van der Waals surface area contributed by atoms with Crippen LogP contribution in [0.15, 0.2) is 34.9 Å². The first-order valence-electron chi connectivity index (χ1n) is 4.95. The fourth-order valence-electron chi connectivity index (χ4n) is 1.42. The van der Waals surface area contributed by atoms with Gasteiger partial charge in [0.05, 0.1) is 0 Å². The third-order valence-corrected chi connectivity index (χ3v) is 2.23. The Morgan fingerprint density at radius 2 is 2.25 bits per heavy atom. The minimum Gasteiger partial charge on any atom is -0.444 e. The summed E-state index contributed by atoms with van der Waals surface area (Å²) in [5, 5.41) is 2.50. The molecule has 0 unspecified atom stereocenters. The van der Waals surface area contributed by atoms with Crippen molar-refractivity contribution in [3.05, 3.63) is 41.8 Å². The third kappa shape index (κ3) is 1.95. The van der Waals surface area contributed by atoms with Crippen molar-refractivity contribution < 1.29 is 9.21 Å². The predicted octanol–water partition coefficient (Wildman–Crippen LogP) is 2.01. The van der Waals surface area contributed by atoms with Crippen molar-refractivity contribution in [1.82, 2.24) is 10.3 Å². The van der Waals surface area contributed by atoms with Crippen LogP contribution in [0, 0.1) is 6.92 Å². The van der Waals surface area contributed by atoms with Crippen LogP contribution in [-0.4, -0.2) is 17.9 Å². The summed E-state index contributed by atoms with van der Waals surface area (Å²) in [6.45, 7) is 1.99. The highest BCUT2D eigenvalue weighted by Crippen LogP contribution is 2.19. The first kappa shape index (κ1) is 10.4. The second-order valence-electron chi connectivity index (χ2n) is 3.49. The minimum absolute atomic E-state index is 0.248. The number of aryl methyl sites for hydroxylation is 1. The fourth-order valence-corrected chi connectivity index (χ4v) is 1.42. The van der Waals surface area contributed by atoms with Crippen molar-refractivity contribution in [1.29, 1.82) is 0 Å². The van der Waals surface area contributed by atoms with E-state index >= 15 is 0 Å². The normalized spacial score (nSPS) is 10.1. The quantitative estimate of drug-likeness (QED) is 0.835. The van der Waals surface area contributed by atoms with E-state index in [0.29, 0.717) is 11.6 Å². The van der Waals surface area contributed by atoms with Crippen molar-refractivity contribution in [2.75, 3.05) is 7.05 Å². The Morgan fingerprint density at radius 1 is 1.44 bits per heavy atom. The predicted molar refractivity (Wildman–Crippen MR) is 60.1 cm³/mol. The standard InChI is InChI=1S/C12H12N2O2/c1-8-4-3-5-9(6-8)12-14-10(7-16-12)11(15)13-2/h3-7H,1-2H3,(H,13,15). The van der Waals surface area contributed by atoms with Crippen molar-refractivity contribution in [2.45, 2.75) is 6.92 Å². The highest BCUT2D eigenvalue weighted by molar-refractivity contribution is 5.92. The van der Waals surface area contributed by atoms with E-state index in [4.69, 9.17) is 4.42 Å². The van der Waals surface area contributed by atoms with E-state index in [0.717, 1.165) is 11.1 Å². The number of nitrogens with one attached hydrogen (secondary N) is 1. The average molecular weight is 216 g/mol. The van der Waals surface area contributed by atoms with Crippen molar-refractivity contribution >= 4 is 5.91 Å². The van der Waals surface area contributed by atoms with Crippen LogP contribution in [0.25, 0.3) is 11.5 Å². The maximum atomic E-state index is 11.3. The van der Waals surface area contributed by atoms with Crippen LogP contribution >= 0.6 is 0 Å². The van der Waals surface area contributed by atoms with E-state index in [-0.39, 0.29) is 5.91 Å². The van der Waals surface area contributed by atoms with Crippen LogP contribution in [-0.2, 0) is 0 Å². The second-order valence-corrected chi connectivity index (χ2v) is 3.49. The van der Waals surface area contributed by atoms with E-state index in [2.05, 4.69) is 10.3 Å². The molecular weight excluding hydrogens is 204 g/mol. The second kappa shape index (κ2) is 4.18. The largest absolute Gasteiger partial charge is 0.444 e. The van der Waals surface area contributed by atoms with Gasteiger partial charge in [0, 0.05) is 12.6 Å². The molecule has 0 aliphatic heterocycles. The van der Waals surface area contributed by atoms with E-state index < -0.39 is 0 Å². The van der Waals surface area contributed by atoms with Gasteiger partial charge < -0.3 is 9.73 Å². The molecule has 4 heteroatoms. The molecule has 0 atom stereocenters. The summed E-state index contributed by atoms with van der Waals surface area (Å²) in [5.41, 5.74) is 2.28. The first-order chi connectivity index (χ1) is 7.70. The van der Waals surface area contributed by atoms with Gasteiger partial charge in [0.1, 0.15) is 6.26 Å². The monoisotopic (exact) mass is 216 g/mol. The molecule has 2 aromatic rings. The number of oxazole rings is 1. The zero-order chi connectivity index (χ0) is 11.5. The van der Waals surface area contributed by atoms with Gasteiger partial charge in [0.25, 0.3) is 5.91 Å². The number of amides is 1. The smallest absolute Gasteiger partial charge is 0.272 e. The van der Waals surface area contributed by atoms with Gasteiger partial charge in [-0.3, -0.25) is 4.79 Å². The van der Waals surface area contributed by atoms with Crippen LogP contribution in [0.1, 0.15) is 16.1 Å². The maximum Gasteiger partial charge on any atom is 0.272 e. The summed E-state index contributed by atoms with van der Waals surface area (Å²) >= 11 is 0. The van der Waals surface area contributed by atoms with Gasteiger partial charge in [-0.2, -0.15) is 0 Å². The number of rotatable bonds is 2. The Bertz CT molecular complexity index is 517. The topological polar surface area (TPSA) is 55.1 Å². The third-order valence-electron chi connectivity index (χ3n) is 2.23. The summed E-state index contributed by atoms with van der Waals surface area (Å²) in [7, 11) is 1.56. The Kier molecular flexibility index (Phi) is 2.72. The fraction of sp³-hybridized carbons (Fsp3) is 0.167. The van der Waals surface area contributed by atoms with Gasteiger partial charge in [0.15, 0.2) is 5.69 Å². The number of aromatic nitrogens is 1. The van der Waals surface area contributed by atoms with Crippen LogP contribution in [0.4, 0.5) is 0 Å². The maximum absolute atomic E-state index is 11.3. The lowest BCUT2D eigenvalue weighted by atomic mass is 10.1. The van der Waals surface area contributed by atoms with Crippen LogP contribution in [0.2, 0.25) is 0 Å². The highest BCUT2D eigenvalue weighted by Gasteiger charge is 2.11. The van der Waals surface area contributed by atoms with Crippen molar-refractivity contribution in [3.63, 3.8) is 0 Å². The molecule has 0 aliphatic rings. The van der Waals surface area contributed by atoms with Crippen molar-refractivity contribution in [3.8, 4) is 11.5 Å². The Labute approximate surface area is 93.3 Å². The molecule has 1 aromatic carbocycles. The molecule has 0 saturated heterocycles. The molecule has 0 fully saturated rings. The zero-order valence-corrected chi connectivity index (χ0v) is 9.15. The van der Waals surface area contributed by atoms with E-state index in [1.807, 2.05) is 31.2 Å². The molecule has 82 valence electrons. The highest BCUT2D eigenvalue weighted by atomic mass is 16.3. The molecule has 2 rings (SSSR count). The molecule has 0 spiro atoms. The van der Waals surface area contributed by atoms with Gasteiger partial charge in [-0.15, -0.1) is 0 Å². The summed E-state index contributed by atoms with van der Waals surface area (Å²) in [6.07, 6.45) is 1.36. The molecule has 0 aliphatic carbocycles. The first-order valence-corrected chi connectivity index (χ1v) is 4.95. The van der Waals surface area contributed by atoms with Gasteiger partial charge in [-0.1, -0.05) is 17.7 Å². The molecule has 1 aromatic heterocycles. The summed E-state index contributed by atoms with van der Waals surface area (Å²) in [5.74, 6) is 0.213. The molecule has 1 amide bonds. The summed E-state index contributed by atoms with van der Waals surface area (Å²) in [4.78, 5) is 15.4. The molecule has 0 radical (unpaired) electrons. The summed E-state index contributed by atoms with van der Waals surface area (Å²) in [6, 6.07) is 7.77. The number of hydrogen-bond donors (Lipinski definition) is 1. The van der Waals surface area contributed by atoms with E-state index in [1.165, 1.54) is 6.26 Å². The van der Waals surface area contributed by atoms with Gasteiger partial charge in [-0.05, 0) is 19.1 Å². The number of benzene rings is 1. The number of carbonyl (C=O) groups is 1. The number of nitrogens with zero attached hydrogens (tertiary/aromatic N) is 1. The average Bonchev–Trinajstić information content (AvgIpc) is 2.77. The Morgan fingerprint density at radius 3 is 2.94 bits per heavy atom. The Balaban J connectivity index is 2.35. The molecule has 4 nitrogen and oxygen atoms in total. The number of carbonyl (C=O) groups excluding carboxylic acids is 1. The summed E-state index contributed by atoms with van der Waals surface area (Å²) < 4.78 is 5.26. The minimum atomic E-state index is -0.248. The van der Waals surface area contributed by atoms with Gasteiger partial charge >= 0.3 is 0 Å². The van der Waals surface area contributed by atoms with Gasteiger partial charge in [-0.25, -0.2) is 4.98 Å². The van der Waals surface area contributed by atoms with Gasteiger partial charge in [0.2, 0.25) is 5.89 Å².